The van der Waals surface area contributed by atoms with Crippen molar-refractivity contribution < 1.29 is 41.8 Å². The Hall–Kier alpha value is -3.09. The molecule has 2 aliphatic heterocycles. The first kappa shape index (κ1) is 12.4. The number of fused-ring (bicyclic) bond motifs is 1. The Morgan fingerprint density at radius 2 is 1.79 bits per heavy atom. The minimum absolute atomic E-state index is 0.0864. The molecule has 1 saturated heterocycles. The van der Waals surface area contributed by atoms with Gasteiger partial charge in [0.2, 0.25) is 12.5 Å². The van der Waals surface area contributed by atoms with E-state index in [0.717, 1.165) is 5.56 Å². The van der Waals surface area contributed by atoms with Gasteiger partial charge in [0, 0.05) is 5.92 Å². The molecule has 2 unspecified atom stereocenters. The Kier molecular flexibility index (Phi) is 3.32. The summed E-state index contributed by atoms with van der Waals surface area (Å²) >= 11 is 0. The van der Waals surface area contributed by atoms with Crippen LogP contribution in [0.2, 0.25) is 0 Å². The summed E-state index contributed by atoms with van der Waals surface area (Å²) in [4.78, 5) is 12.5. The van der Waals surface area contributed by atoms with Gasteiger partial charge in [-0.15, -0.1) is 0 Å². The topological polar surface area (TPSA) is 83.5 Å². The van der Waals surface area contributed by atoms with Gasteiger partial charge < -0.3 is 28.8 Å². The summed E-state index contributed by atoms with van der Waals surface area (Å²) in [6.07, 6.45) is 0.589. The molecule has 28 heavy (non-hydrogen) atoms. The minimum atomic E-state index is -2.90. The third kappa shape index (κ3) is 3.40. The second-order valence-electron chi connectivity index (χ2n) is 6.74. The second-order valence-corrected chi connectivity index (χ2v) is 6.74. The summed E-state index contributed by atoms with van der Waals surface area (Å²) in [5.41, 5.74) is 1.26. The van der Waals surface area contributed by atoms with E-state index in [2.05, 4.69) is 0 Å². The van der Waals surface area contributed by atoms with E-state index in [1.165, 1.54) is 12.1 Å². The van der Waals surface area contributed by atoms with Crippen LogP contribution >= 0.6 is 0 Å². The maximum atomic E-state index is 12.5. The van der Waals surface area contributed by atoms with Crippen LogP contribution in [0.5, 0.6) is 28.7 Å². The summed E-state index contributed by atoms with van der Waals surface area (Å²) in [7, 11) is -5.80. The molecule has 2 aliphatic rings. The van der Waals surface area contributed by atoms with E-state index < -0.39 is 43.2 Å². The average molecular weight is 392 g/mol. The number of benzene rings is 2. The SMILES string of the molecule is [2H]C([2H])([2H])Oc1cc(CC2C(=O)OCC2Cc2ccc3c(c2)OCO3)cc(OC([2H])([2H])[2H])c1O. The summed E-state index contributed by atoms with van der Waals surface area (Å²) in [5.74, 6) is -1.69. The highest BCUT2D eigenvalue weighted by Crippen LogP contribution is 2.39. The zero-order valence-corrected chi connectivity index (χ0v) is 14.8. The van der Waals surface area contributed by atoms with Crippen LogP contribution in [0.25, 0.3) is 0 Å². The molecule has 148 valence electrons. The van der Waals surface area contributed by atoms with Crippen LogP contribution in [0, 0.1) is 11.8 Å². The van der Waals surface area contributed by atoms with Crippen molar-refractivity contribution in [2.24, 2.45) is 11.8 Å². The fraction of sp³-hybridized carbons (Fsp3) is 0.381. The zero-order chi connectivity index (χ0) is 24.7. The Balaban J connectivity index is 1.59. The van der Waals surface area contributed by atoms with Crippen molar-refractivity contribution in [3.63, 3.8) is 0 Å². The Bertz CT molecular complexity index is 1050. The predicted octanol–water partition coefficient (Wildman–Crippen LogP) is 2.71. The van der Waals surface area contributed by atoms with E-state index in [9.17, 15) is 9.90 Å². The van der Waals surface area contributed by atoms with Crippen LogP contribution in [0.3, 0.4) is 0 Å². The van der Waals surface area contributed by atoms with Crippen LogP contribution in [0.1, 0.15) is 19.4 Å². The molecule has 2 aromatic rings. The van der Waals surface area contributed by atoms with Gasteiger partial charge in [0.15, 0.2) is 23.0 Å². The fourth-order valence-electron chi connectivity index (χ4n) is 3.59. The van der Waals surface area contributed by atoms with E-state index in [4.69, 9.17) is 31.9 Å². The summed E-state index contributed by atoms with van der Waals surface area (Å²) < 4.78 is 69.5. The van der Waals surface area contributed by atoms with E-state index in [0.29, 0.717) is 23.5 Å². The molecule has 2 heterocycles. The van der Waals surface area contributed by atoms with Gasteiger partial charge in [0.1, 0.15) is 0 Å². The number of carbonyl (C=O) groups excluding carboxylic acids is 1. The van der Waals surface area contributed by atoms with Gasteiger partial charge in [-0.3, -0.25) is 4.79 Å². The van der Waals surface area contributed by atoms with Crippen LogP contribution < -0.4 is 18.9 Å². The summed E-state index contributed by atoms with van der Waals surface area (Å²) in [6.45, 7) is 0.335. The molecule has 0 aromatic heterocycles. The first-order valence-corrected chi connectivity index (χ1v) is 8.67. The number of phenolic OH excluding ortho intramolecular Hbond substituents is 1. The number of aromatic hydroxyl groups is 1. The van der Waals surface area contributed by atoms with Crippen molar-refractivity contribution >= 4 is 5.97 Å². The molecule has 7 heteroatoms. The highest BCUT2D eigenvalue weighted by atomic mass is 16.7. The molecule has 1 N–H and O–H groups in total. The van der Waals surface area contributed by atoms with Crippen molar-refractivity contribution in [2.75, 3.05) is 27.5 Å². The van der Waals surface area contributed by atoms with E-state index >= 15 is 0 Å². The Morgan fingerprint density at radius 3 is 2.54 bits per heavy atom. The molecule has 0 saturated carbocycles. The fourth-order valence-corrected chi connectivity index (χ4v) is 3.59. The van der Waals surface area contributed by atoms with Crippen molar-refractivity contribution in [2.45, 2.75) is 12.8 Å². The number of cyclic esters (lactones) is 1. The lowest BCUT2D eigenvalue weighted by Gasteiger charge is -2.17. The number of methoxy groups -OCH3 is 2. The van der Waals surface area contributed by atoms with Gasteiger partial charge in [0.25, 0.3) is 0 Å². The van der Waals surface area contributed by atoms with Gasteiger partial charge in [-0.2, -0.15) is 0 Å². The predicted molar refractivity (Wildman–Crippen MR) is 99.1 cm³/mol. The lowest BCUT2D eigenvalue weighted by Crippen LogP contribution is -2.20. The molecule has 0 amide bonds. The van der Waals surface area contributed by atoms with Crippen LogP contribution in [0.15, 0.2) is 30.3 Å². The van der Waals surface area contributed by atoms with Gasteiger partial charge in [-0.1, -0.05) is 6.07 Å². The number of ether oxygens (including phenoxy) is 5. The standard InChI is InChI=1S/C21H22O7/c1-24-18-8-13(9-19(25-2)20(18)22)6-15-14(10-26-21(15)23)5-12-3-4-16-17(7-12)28-11-27-16/h3-4,7-9,14-15,22H,5-6,10-11H2,1-2H3/i1D3,2D3. The highest BCUT2D eigenvalue weighted by molar-refractivity contribution is 5.75. The molecule has 0 radical (unpaired) electrons. The number of phenols is 1. The average Bonchev–Trinajstić information content (AvgIpc) is 3.31. The molecular weight excluding hydrogens is 364 g/mol. The van der Waals surface area contributed by atoms with Crippen molar-refractivity contribution in [3.05, 3.63) is 41.5 Å². The number of rotatable bonds is 6. The molecule has 7 nitrogen and oxygen atoms in total. The number of hydrogen-bond acceptors (Lipinski definition) is 7. The first-order valence-electron chi connectivity index (χ1n) is 11.7. The second kappa shape index (κ2) is 7.50. The third-order valence-corrected chi connectivity index (χ3v) is 5.02. The summed E-state index contributed by atoms with van der Waals surface area (Å²) in [6, 6.07) is 8.00. The van der Waals surface area contributed by atoms with Crippen molar-refractivity contribution in [1.29, 1.82) is 0 Å². The van der Waals surface area contributed by atoms with Crippen LogP contribution in [0.4, 0.5) is 0 Å². The first-order chi connectivity index (χ1) is 15.9. The molecule has 2 atom stereocenters. The molecule has 2 aromatic carbocycles. The number of carbonyl (C=O) groups is 1. The molecule has 4 rings (SSSR count). The van der Waals surface area contributed by atoms with Gasteiger partial charge in [-0.25, -0.2) is 0 Å². The third-order valence-electron chi connectivity index (χ3n) is 5.02. The Morgan fingerprint density at radius 1 is 1.04 bits per heavy atom. The largest absolute Gasteiger partial charge is 0.502 e. The summed E-state index contributed by atoms with van der Waals surface area (Å²) in [5, 5.41) is 10.3. The van der Waals surface area contributed by atoms with Crippen molar-refractivity contribution in [1.82, 2.24) is 0 Å². The normalized spacial score (nSPS) is 24.2. The highest BCUT2D eigenvalue weighted by Gasteiger charge is 2.37. The van der Waals surface area contributed by atoms with Gasteiger partial charge in [-0.05, 0) is 48.2 Å². The van der Waals surface area contributed by atoms with Crippen LogP contribution in [-0.4, -0.2) is 38.6 Å². The molecule has 0 aliphatic carbocycles. The maximum absolute atomic E-state index is 12.5. The quantitative estimate of drug-likeness (QED) is 0.757. The molecule has 1 fully saturated rings. The van der Waals surface area contributed by atoms with Gasteiger partial charge in [0.05, 0.1) is 34.8 Å². The number of hydrogen-bond donors (Lipinski definition) is 1. The van der Waals surface area contributed by atoms with E-state index in [1.54, 1.807) is 6.07 Å². The smallest absolute Gasteiger partial charge is 0.309 e. The lowest BCUT2D eigenvalue weighted by molar-refractivity contribution is -0.141. The molecule has 0 bridgehead atoms. The van der Waals surface area contributed by atoms with Crippen LogP contribution in [-0.2, 0) is 22.4 Å². The van der Waals surface area contributed by atoms with Gasteiger partial charge >= 0.3 is 5.97 Å². The minimum Gasteiger partial charge on any atom is -0.502 e. The van der Waals surface area contributed by atoms with Crippen molar-refractivity contribution in [3.8, 4) is 28.7 Å². The maximum Gasteiger partial charge on any atom is 0.309 e. The molecule has 0 spiro atoms. The Labute approximate surface area is 171 Å². The van der Waals surface area contributed by atoms with E-state index in [-0.39, 0.29) is 25.7 Å². The number of esters is 1. The molecular formula is C21H22O7. The monoisotopic (exact) mass is 392 g/mol. The van der Waals surface area contributed by atoms with E-state index in [1.807, 2.05) is 12.1 Å². The lowest BCUT2D eigenvalue weighted by atomic mass is 9.85. The zero-order valence-electron chi connectivity index (χ0n) is 20.8.